The summed E-state index contributed by atoms with van der Waals surface area (Å²) < 4.78 is 31.6. The molecule has 5 aliphatic carbocycles. The summed E-state index contributed by atoms with van der Waals surface area (Å²) in [6.07, 6.45) is 9.15. The van der Waals surface area contributed by atoms with Gasteiger partial charge in [-0.2, -0.15) is 0 Å². The molecule has 2 spiro atoms. The second-order valence-electron chi connectivity index (χ2n) is 19.3. The lowest BCUT2D eigenvalue weighted by atomic mass is 9.41. The first-order valence-electron chi connectivity index (χ1n) is 19.3. The molecule has 3 aliphatic heterocycles. The highest BCUT2D eigenvalue weighted by Crippen LogP contribution is 2.89. The molecule has 0 aromatic rings. The topological polar surface area (TPSA) is 89.9 Å². The number of ether oxygens (including phenoxy) is 5. The highest BCUT2D eigenvalue weighted by atomic mass is 16.7. The van der Waals surface area contributed by atoms with Crippen LogP contribution < -0.4 is 0 Å². The maximum Gasteiger partial charge on any atom is 0.170 e. The van der Waals surface area contributed by atoms with Crippen molar-refractivity contribution in [2.75, 3.05) is 40.0 Å². The minimum Gasteiger partial charge on any atom is -0.390 e. The number of aliphatic hydroxyl groups is 2. The fourth-order valence-corrected chi connectivity index (χ4v) is 14.7. The molecule has 8 heteroatoms. The molecule has 0 aromatic heterocycles. The van der Waals surface area contributed by atoms with Crippen molar-refractivity contribution < 1.29 is 33.9 Å². The van der Waals surface area contributed by atoms with Gasteiger partial charge in [0.1, 0.15) is 6.10 Å². The van der Waals surface area contributed by atoms with E-state index < -0.39 is 17.8 Å². The number of hydrogen-bond acceptors (Lipinski definition) is 8. The van der Waals surface area contributed by atoms with Crippen LogP contribution in [-0.4, -0.2) is 104 Å². The quantitative estimate of drug-likeness (QED) is 0.391. The average Bonchev–Trinajstić information content (AvgIpc) is 3.27. The van der Waals surface area contributed by atoms with Gasteiger partial charge in [-0.05, 0) is 117 Å². The molecule has 47 heavy (non-hydrogen) atoms. The third kappa shape index (κ3) is 4.53. The molecule has 8 fully saturated rings. The van der Waals surface area contributed by atoms with Gasteiger partial charge in [0.05, 0.1) is 43.2 Å². The van der Waals surface area contributed by atoms with Crippen molar-refractivity contribution in [1.29, 1.82) is 0 Å². The van der Waals surface area contributed by atoms with Gasteiger partial charge in [0, 0.05) is 38.3 Å². The van der Waals surface area contributed by atoms with Gasteiger partial charge in [0.25, 0.3) is 0 Å². The van der Waals surface area contributed by atoms with Crippen LogP contribution in [0.3, 0.4) is 0 Å². The Hall–Kier alpha value is -0.320. The highest BCUT2D eigenvalue weighted by Gasteiger charge is 2.84. The summed E-state index contributed by atoms with van der Waals surface area (Å²) in [6, 6.07) is 0.504. The monoisotopic (exact) mass is 659 g/mol. The molecule has 15 atom stereocenters. The predicted molar refractivity (Wildman–Crippen MR) is 179 cm³/mol. The number of rotatable bonds is 6. The standard InChI is InChI=1S/C39H65NO7/c1-23-19-25(33(43-8)35(4,5)42)46-31-30(23)36(6)14-15-39-22-38(39)13-11-28(47-29-20-40(16-18-45-29)24-12-17-44-21-24)34(2,3)26(38)9-10-27(39)37(36,7)32(31)41/h23-33,41-42H,9-22H2,1-8H3/t23-,24?,25-,26+,27+,28+,29+,30+,31+,32+,33+,36-,37-,38-,39+/m1/s1. The zero-order chi connectivity index (χ0) is 33.4. The van der Waals surface area contributed by atoms with Crippen LogP contribution in [-0.2, 0) is 23.7 Å². The summed E-state index contributed by atoms with van der Waals surface area (Å²) >= 11 is 0. The van der Waals surface area contributed by atoms with Crippen molar-refractivity contribution in [3.63, 3.8) is 0 Å². The van der Waals surface area contributed by atoms with Crippen molar-refractivity contribution in [1.82, 2.24) is 4.90 Å². The maximum atomic E-state index is 12.6. The van der Waals surface area contributed by atoms with E-state index >= 15 is 0 Å². The van der Waals surface area contributed by atoms with Gasteiger partial charge in [-0.1, -0.05) is 34.6 Å². The van der Waals surface area contributed by atoms with Gasteiger partial charge in [-0.25, -0.2) is 0 Å². The van der Waals surface area contributed by atoms with Crippen LogP contribution >= 0.6 is 0 Å². The number of morpholine rings is 1. The zero-order valence-corrected chi connectivity index (χ0v) is 30.6. The molecule has 8 aliphatic rings. The molecule has 2 N–H and O–H groups in total. The first-order valence-corrected chi connectivity index (χ1v) is 19.3. The molecule has 0 aromatic carbocycles. The Kier molecular flexibility index (Phi) is 7.98. The Bertz CT molecular complexity index is 1200. The fourth-order valence-electron chi connectivity index (χ4n) is 14.7. The first kappa shape index (κ1) is 33.8. The highest BCUT2D eigenvalue weighted by molar-refractivity contribution is 5.33. The summed E-state index contributed by atoms with van der Waals surface area (Å²) in [6.45, 7) is 20.2. The van der Waals surface area contributed by atoms with Crippen LogP contribution in [0.5, 0.6) is 0 Å². The lowest BCUT2D eigenvalue weighted by Crippen LogP contribution is -2.60. The largest absolute Gasteiger partial charge is 0.390 e. The summed E-state index contributed by atoms with van der Waals surface area (Å²) in [5.41, 5.74) is -0.440. The first-order chi connectivity index (χ1) is 22.1. The lowest BCUT2D eigenvalue weighted by Gasteiger charge is -2.64. The Morgan fingerprint density at radius 3 is 2.40 bits per heavy atom. The van der Waals surface area contributed by atoms with Gasteiger partial charge >= 0.3 is 0 Å². The van der Waals surface area contributed by atoms with Crippen molar-refractivity contribution in [2.24, 2.45) is 50.7 Å². The van der Waals surface area contributed by atoms with Gasteiger partial charge < -0.3 is 33.9 Å². The summed E-state index contributed by atoms with van der Waals surface area (Å²) in [5, 5.41) is 23.5. The summed E-state index contributed by atoms with van der Waals surface area (Å²) in [7, 11) is 1.68. The van der Waals surface area contributed by atoms with E-state index in [4.69, 9.17) is 23.7 Å². The maximum absolute atomic E-state index is 12.6. The van der Waals surface area contributed by atoms with E-state index in [9.17, 15) is 10.2 Å². The van der Waals surface area contributed by atoms with E-state index in [-0.39, 0.29) is 40.8 Å². The molecule has 8 rings (SSSR count). The number of methoxy groups -OCH3 is 1. The van der Waals surface area contributed by atoms with Gasteiger partial charge in [0.15, 0.2) is 6.29 Å². The third-order valence-corrected chi connectivity index (χ3v) is 16.9. The van der Waals surface area contributed by atoms with E-state index in [1.165, 1.54) is 38.5 Å². The van der Waals surface area contributed by atoms with Gasteiger partial charge in [-0.3, -0.25) is 4.90 Å². The van der Waals surface area contributed by atoms with Crippen LogP contribution in [0, 0.1) is 50.7 Å². The van der Waals surface area contributed by atoms with E-state index in [2.05, 4.69) is 39.5 Å². The number of aliphatic hydroxyl groups excluding tert-OH is 1. The number of nitrogens with zero attached hydrogens (tertiary/aromatic N) is 1. The van der Waals surface area contributed by atoms with Crippen LogP contribution in [0.1, 0.15) is 106 Å². The summed E-state index contributed by atoms with van der Waals surface area (Å²) in [5.74, 6) is 1.85. The normalized spacial score (nSPS) is 54.5. The minimum absolute atomic E-state index is 0.0235. The molecule has 0 radical (unpaired) electrons. The van der Waals surface area contributed by atoms with Crippen molar-refractivity contribution >= 4 is 0 Å². The van der Waals surface area contributed by atoms with Gasteiger partial charge in [-0.15, -0.1) is 0 Å². The second kappa shape index (κ2) is 11.1. The molecule has 3 saturated heterocycles. The lowest BCUT2D eigenvalue weighted by molar-refractivity contribution is -0.251. The Balaban J connectivity index is 1.02. The molecular formula is C39H65NO7. The predicted octanol–water partition coefficient (Wildman–Crippen LogP) is 5.42. The van der Waals surface area contributed by atoms with E-state index in [0.717, 1.165) is 52.2 Å². The summed E-state index contributed by atoms with van der Waals surface area (Å²) in [4.78, 5) is 2.54. The molecule has 268 valence electrons. The van der Waals surface area contributed by atoms with E-state index in [1.54, 1.807) is 7.11 Å². The fraction of sp³-hybridized carbons (Fsp3) is 1.00. The Morgan fingerprint density at radius 1 is 0.957 bits per heavy atom. The Labute approximate surface area is 283 Å². The third-order valence-electron chi connectivity index (χ3n) is 16.9. The van der Waals surface area contributed by atoms with Crippen LogP contribution in [0.2, 0.25) is 0 Å². The smallest absolute Gasteiger partial charge is 0.170 e. The second-order valence-corrected chi connectivity index (χ2v) is 19.3. The SMILES string of the molecule is CO[C@@H]([C@H]1C[C@@H](C)[C@H]2[C@H](O1)[C@H](O)[C@@]1(C)[C@@H]3CC[C@H]4C(C)(C)[C@@H](O[C@H]5CN(C6CCOC6)CCO5)CC[C@@]45C[C@@]35CC[C@]21C)C(C)(C)O. The average molecular weight is 660 g/mol. The van der Waals surface area contributed by atoms with Crippen molar-refractivity contribution in [3.8, 4) is 0 Å². The molecule has 0 bridgehead atoms. The molecule has 3 heterocycles. The van der Waals surface area contributed by atoms with Gasteiger partial charge in [0.2, 0.25) is 0 Å². The zero-order valence-electron chi connectivity index (χ0n) is 30.6. The van der Waals surface area contributed by atoms with Crippen molar-refractivity contribution in [2.45, 2.75) is 155 Å². The molecular weight excluding hydrogens is 594 g/mol. The van der Waals surface area contributed by atoms with E-state index in [0.29, 0.717) is 40.5 Å². The number of fused-ring (bicyclic) bond motifs is 4. The number of hydrogen-bond donors (Lipinski definition) is 2. The Morgan fingerprint density at radius 2 is 1.70 bits per heavy atom. The molecule has 0 amide bonds. The molecule has 5 saturated carbocycles. The van der Waals surface area contributed by atoms with Crippen molar-refractivity contribution in [3.05, 3.63) is 0 Å². The van der Waals surface area contributed by atoms with E-state index in [1.807, 2.05) is 13.8 Å². The van der Waals surface area contributed by atoms with Crippen LogP contribution in [0.4, 0.5) is 0 Å². The minimum atomic E-state index is -1.01. The molecule has 1 unspecified atom stereocenters. The van der Waals surface area contributed by atoms with Crippen LogP contribution in [0.15, 0.2) is 0 Å². The molecule has 8 nitrogen and oxygen atoms in total. The van der Waals surface area contributed by atoms with Crippen LogP contribution in [0.25, 0.3) is 0 Å².